The van der Waals surface area contributed by atoms with Crippen molar-refractivity contribution in [3.63, 3.8) is 0 Å². The highest BCUT2D eigenvalue weighted by atomic mass is 16.5. The first-order chi connectivity index (χ1) is 9.34. The molecule has 0 saturated carbocycles. The van der Waals surface area contributed by atoms with Gasteiger partial charge in [0.1, 0.15) is 6.10 Å². The summed E-state index contributed by atoms with van der Waals surface area (Å²) in [6, 6.07) is 7.05. The summed E-state index contributed by atoms with van der Waals surface area (Å²) >= 11 is 0. The number of fused-ring (bicyclic) bond motifs is 1. The molecule has 0 saturated heterocycles. The lowest BCUT2D eigenvalue weighted by Crippen LogP contribution is -2.36. The fourth-order valence-corrected chi connectivity index (χ4v) is 2.47. The predicted molar refractivity (Wildman–Crippen MR) is 75.5 cm³/mol. The van der Waals surface area contributed by atoms with Gasteiger partial charge in [0.2, 0.25) is 0 Å². The Morgan fingerprint density at radius 1 is 1.40 bits per heavy atom. The smallest absolute Gasteiger partial charge is 0.189 e. The second-order valence-corrected chi connectivity index (χ2v) is 5.64. The number of methoxy groups -OCH3 is 1. The van der Waals surface area contributed by atoms with Gasteiger partial charge in [0.25, 0.3) is 0 Å². The second-order valence-electron chi connectivity index (χ2n) is 5.64. The Morgan fingerprint density at radius 3 is 2.65 bits per heavy atom. The third-order valence-electron chi connectivity index (χ3n) is 3.57. The van der Waals surface area contributed by atoms with Crippen molar-refractivity contribution >= 4 is 5.78 Å². The van der Waals surface area contributed by atoms with E-state index in [0.717, 1.165) is 0 Å². The summed E-state index contributed by atoms with van der Waals surface area (Å²) in [5.41, 5.74) is 0.560. The number of benzene rings is 1. The first-order valence-corrected chi connectivity index (χ1v) is 6.62. The van der Waals surface area contributed by atoms with E-state index in [9.17, 15) is 15.0 Å². The van der Waals surface area contributed by atoms with Crippen LogP contribution in [0.5, 0.6) is 0 Å². The SMILES string of the molecule is CO[C@@H](C=C1C[C@H](O)c2ccccc2C1=O)C(C)(C)O. The number of carbonyl (C=O) groups is 1. The molecule has 20 heavy (non-hydrogen) atoms. The minimum atomic E-state index is -1.09. The summed E-state index contributed by atoms with van der Waals surface area (Å²) in [7, 11) is 1.48. The van der Waals surface area contributed by atoms with Crippen LogP contribution < -0.4 is 0 Å². The highest BCUT2D eigenvalue weighted by Crippen LogP contribution is 2.33. The number of ether oxygens (including phenoxy) is 1. The fourth-order valence-electron chi connectivity index (χ4n) is 2.47. The summed E-state index contributed by atoms with van der Waals surface area (Å²) in [4.78, 5) is 12.4. The van der Waals surface area contributed by atoms with E-state index in [1.807, 2.05) is 0 Å². The van der Waals surface area contributed by atoms with Crippen LogP contribution >= 0.6 is 0 Å². The molecule has 1 aliphatic carbocycles. The van der Waals surface area contributed by atoms with Gasteiger partial charge in [-0.1, -0.05) is 24.3 Å². The zero-order valence-corrected chi connectivity index (χ0v) is 12.0. The van der Waals surface area contributed by atoms with Gasteiger partial charge in [-0.25, -0.2) is 0 Å². The molecule has 0 unspecified atom stereocenters. The molecule has 0 fully saturated rings. The lowest BCUT2D eigenvalue weighted by Gasteiger charge is -2.28. The largest absolute Gasteiger partial charge is 0.388 e. The van der Waals surface area contributed by atoms with Gasteiger partial charge in [-0.2, -0.15) is 0 Å². The Bertz CT molecular complexity index is 540. The number of carbonyl (C=O) groups excluding carboxylic acids is 1. The number of Topliss-reactive ketones (excluding diaryl/α,β-unsaturated/α-hetero) is 1. The molecule has 1 aliphatic rings. The van der Waals surface area contributed by atoms with Crippen molar-refractivity contribution in [1.82, 2.24) is 0 Å². The van der Waals surface area contributed by atoms with Crippen molar-refractivity contribution in [3.8, 4) is 0 Å². The number of ketones is 1. The number of hydrogen-bond donors (Lipinski definition) is 2. The average Bonchev–Trinajstić information content (AvgIpc) is 2.40. The van der Waals surface area contributed by atoms with E-state index in [4.69, 9.17) is 4.74 Å². The molecule has 1 aromatic rings. The zero-order valence-electron chi connectivity index (χ0n) is 12.0. The van der Waals surface area contributed by atoms with E-state index in [-0.39, 0.29) is 12.2 Å². The molecular formula is C16H20O4. The lowest BCUT2D eigenvalue weighted by molar-refractivity contribution is -0.0449. The van der Waals surface area contributed by atoms with E-state index >= 15 is 0 Å². The van der Waals surface area contributed by atoms with Crippen molar-refractivity contribution in [1.29, 1.82) is 0 Å². The summed E-state index contributed by atoms with van der Waals surface area (Å²) in [5.74, 6) is -0.114. The van der Waals surface area contributed by atoms with Crippen molar-refractivity contribution in [2.75, 3.05) is 7.11 Å². The summed E-state index contributed by atoms with van der Waals surface area (Å²) < 4.78 is 5.23. The van der Waals surface area contributed by atoms with E-state index in [0.29, 0.717) is 16.7 Å². The first kappa shape index (κ1) is 14.9. The van der Waals surface area contributed by atoms with Crippen LogP contribution in [0.25, 0.3) is 0 Å². The summed E-state index contributed by atoms with van der Waals surface area (Å²) in [6.45, 7) is 3.24. The molecule has 1 aromatic carbocycles. The van der Waals surface area contributed by atoms with Gasteiger partial charge in [-0.3, -0.25) is 4.79 Å². The van der Waals surface area contributed by atoms with Gasteiger partial charge in [-0.05, 0) is 25.5 Å². The van der Waals surface area contributed by atoms with Gasteiger partial charge >= 0.3 is 0 Å². The number of hydrogen-bond acceptors (Lipinski definition) is 4. The summed E-state index contributed by atoms with van der Waals surface area (Å²) in [6.07, 6.45) is 0.557. The zero-order chi connectivity index (χ0) is 14.9. The number of aliphatic hydroxyl groups is 2. The number of rotatable bonds is 3. The van der Waals surface area contributed by atoms with Crippen LogP contribution in [-0.2, 0) is 4.74 Å². The molecule has 0 heterocycles. The van der Waals surface area contributed by atoms with E-state index in [1.165, 1.54) is 7.11 Å². The molecule has 4 nitrogen and oxygen atoms in total. The van der Waals surface area contributed by atoms with Crippen molar-refractivity contribution in [3.05, 3.63) is 47.0 Å². The Kier molecular flexibility index (Phi) is 4.09. The normalized spacial score (nSPS) is 22.8. The monoisotopic (exact) mass is 276 g/mol. The average molecular weight is 276 g/mol. The van der Waals surface area contributed by atoms with Gasteiger partial charge in [0, 0.05) is 24.7 Å². The van der Waals surface area contributed by atoms with Crippen LogP contribution in [0.15, 0.2) is 35.9 Å². The molecule has 0 spiro atoms. The number of aliphatic hydroxyl groups excluding tert-OH is 1. The van der Waals surface area contributed by atoms with Crippen LogP contribution in [0.3, 0.4) is 0 Å². The molecule has 108 valence electrons. The minimum Gasteiger partial charge on any atom is -0.388 e. The van der Waals surface area contributed by atoms with Crippen LogP contribution in [0.1, 0.15) is 42.3 Å². The summed E-state index contributed by atoms with van der Waals surface area (Å²) in [5, 5.41) is 20.2. The highest BCUT2D eigenvalue weighted by molar-refractivity contribution is 6.10. The quantitative estimate of drug-likeness (QED) is 0.829. The van der Waals surface area contributed by atoms with E-state index in [2.05, 4.69) is 0 Å². The first-order valence-electron chi connectivity index (χ1n) is 6.62. The Balaban J connectivity index is 2.39. The van der Waals surface area contributed by atoms with Gasteiger partial charge in [-0.15, -0.1) is 0 Å². The van der Waals surface area contributed by atoms with Gasteiger partial charge < -0.3 is 14.9 Å². The van der Waals surface area contributed by atoms with E-state index in [1.54, 1.807) is 44.2 Å². The standard InChI is InChI=1S/C16H20O4/c1-16(2,19)14(20-3)9-10-8-13(17)11-6-4-5-7-12(11)15(10)18/h4-7,9,13-14,17,19H,8H2,1-3H3/t13-,14-/m0/s1. The second kappa shape index (κ2) is 5.48. The van der Waals surface area contributed by atoms with Gasteiger partial charge in [0.15, 0.2) is 5.78 Å². The Labute approximate surface area is 118 Å². The maximum absolute atomic E-state index is 12.4. The van der Waals surface area contributed by atoms with Crippen molar-refractivity contribution in [2.45, 2.75) is 38.1 Å². The molecule has 4 heteroatoms. The molecule has 2 rings (SSSR count). The third-order valence-corrected chi connectivity index (χ3v) is 3.57. The Hall–Kier alpha value is -1.49. The minimum absolute atomic E-state index is 0.114. The fraction of sp³-hybridized carbons (Fsp3) is 0.438. The molecule has 2 N–H and O–H groups in total. The Morgan fingerprint density at radius 2 is 2.05 bits per heavy atom. The van der Waals surface area contributed by atoms with Crippen LogP contribution in [0, 0.1) is 0 Å². The van der Waals surface area contributed by atoms with Crippen LogP contribution in [0.4, 0.5) is 0 Å². The predicted octanol–water partition coefficient (Wildman–Crippen LogP) is 2.02. The highest BCUT2D eigenvalue weighted by Gasteiger charge is 2.31. The topological polar surface area (TPSA) is 66.8 Å². The van der Waals surface area contributed by atoms with Crippen molar-refractivity contribution in [2.24, 2.45) is 0 Å². The molecule has 2 atom stereocenters. The third kappa shape index (κ3) is 2.82. The van der Waals surface area contributed by atoms with Crippen molar-refractivity contribution < 1.29 is 19.7 Å². The van der Waals surface area contributed by atoms with E-state index < -0.39 is 17.8 Å². The molecule has 0 amide bonds. The molecule has 0 radical (unpaired) electrons. The molecule has 0 aliphatic heterocycles. The molecule has 0 aromatic heterocycles. The molecular weight excluding hydrogens is 256 g/mol. The van der Waals surface area contributed by atoms with Gasteiger partial charge in [0.05, 0.1) is 11.7 Å². The maximum atomic E-state index is 12.4. The van der Waals surface area contributed by atoms with Crippen LogP contribution in [-0.4, -0.2) is 34.8 Å². The maximum Gasteiger partial charge on any atom is 0.189 e. The van der Waals surface area contributed by atoms with Crippen LogP contribution in [0.2, 0.25) is 0 Å². The molecule has 0 bridgehead atoms. The lowest BCUT2D eigenvalue weighted by atomic mass is 9.83.